The van der Waals surface area contributed by atoms with Gasteiger partial charge in [-0.05, 0) is 32.2 Å². The summed E-state index contributed by atoms with van der Waals surface area (Å²) in [4.78, 5) is 2.66. The van der Waals surface area contributed by atoms with Crippen molar-refractivity contribution in [3.63, 3.8) is 0 Å². The Kier molecular flexibility index (Phi) is 5.07. The first kappa shape index (κ1) is 12.3. The summed E-state index contributed by atoms with van der Waals surface area (Å²) in [5.41, 5.74) is 0. The molecule has 1 aliphatic heterocycles. The van der Waals surface area contributed by atoms with Crippen molar-refractivity contribution >= 4 is 0 Å². The SMILES string of the molecule is CCCNC1CCCC1N1CCCOCC1. The van der Waals surface area contributed by atoms with Crippen LogP contribution in [0.4, 0.5) is 0 Å². The third-order valence-electron chi connectivity index (χ3n) is 3.86. The van der Waals surface area contributed by atoms with Gasteiger partial charge in [-0.25, -0.2) is 0 Å². The van der Waals surface area contributed by atoms with Gasteiger partial charge in [-0.2, -0.15) is 0 Å². The van der Waals surface area contributed by atoms with Crippen LogP contribution < -0.4 is 5.32 Å². The highest BCUT2D eigenvalue weighted by molar-refractivity contribution is 4.90. The number of nitrogens with zero attached hydrogens (tertiary/aromatic N) is 1. The third-order valence-corrected chi connectivity index (χ3v) is 3.86. The van der Waals surface area contributed by atoms with Crippen LogP contribution >= 0.6 is 0 Å². The summed E-state index contributed by atoms with van der Waals surface area (Å²) in [6.07, 6.45) is 6.58. The Morgan fingerprint density at radius 2 is 2.12 bits per heavy atom. The van der Waals surface area contributed by atoms with Gasteiger partial charge in [0.15, 0.2) is 0 Å². The Morgan fingerprint density at radius 3 is 3.00 bits per heavy atom. The fraction of sp³-hybridized carbons (Fsp3) is 1.00. The third kappa shape index (κ3) is 3.19. The van der Waals surface area contributed by atoms with Crippen molar-refractivity contribution in [3.05, 3.63) is 0 Å². The van der Waals surface area contributed by atoms with E-state index in [0.29, 0.717) is 0 Å². The maximum absolute atomic E-state index is 5.54. The van der Waals surface area contributed by atoms with Gasteiger partial charge in [0.05, 0.1) is 6.61 Å². The number of rotatable bonds is 4. The fourth-order valence-electron chi connectivity index (χ4n) is 3.04. The van der Waals surface area contributed by atoms with Crippen molar-refractivity contribution in [2.24, 2.45) is 0 Å². The molecule has 2 atom stereocenters. The molecule has 0 radical (unpaired) electrons. The van der Waals surface area contributed by atoms with Gasteiger partial charge < -0.3 is 10.1 Å². The monoisotopic (exact) mass is 226 g/mol. The molecule has 0 bridgehead atoms. The molecule has 94 valence electrons. The Bertz CT molecular complexity index is 190. The number of ether oxygens (including phenoxy) is 1. The summed E-state index contributed by atoms with van der Waals surface area (Å²) in [5.74, 6) is 0. The first-order valence-corrected chi connectivity index (χ1v) is 6.97. The predicted molar refractivity (Wildman–Crippen MR) is 66.7 cm³/mol. The van der Waals surface area contributed by atoms with Gasteiger partial charge >= 0.3 is 0 Å². The average molecular weight is 226 g/mol. The average Bonchev–Trinajstić information content (AvgIpc) is 2.60. The van der Waals surface area contributed by atoms with E-state index < -0.39 is 0 Å². The molecule has 3 nitrogen and oxygen atoms in total. The summed E-state index contributed by atoms with van der Waals surface area (Å²) in [5, 5.41) is 3.72. The lowest BCUT2D eigenvalue weighted by atomic mass is 10.1. The second-order valence-corrected chi connectivity index (χ2v) is 5.06. The van der Waals surface area contributed by atoms with E-state index in [2.05, 4.69) is 17.1 Å². The van der Waals surface area contributed by atoms with Crippen molar-refractivity contribution in [2.75, 3.05) is 32.8 Å². The van der Waals surface area contributed by atoms with Gasteiger partial charge in [-0.1, -0.05) is 13.3 Å². The number of hydrogen-bond acceptors (Lipinski definition) is 3. The van der Waals surface area contributed by atoms with Gasteiger partial charge in [0.1, 0.15) is 0 Å². The lowest BCUT2D eigenvalue weighted by molar-refractivity contribution is 0.126. The predicted octanol–water partition coefficient (Wildman–Crippen LogP) is 1.63. The Balaban J connectivity index is 1.85. The molecular formula is C13H26N2O. The molecule has 1 heterocycles. The summed E-state index contributed by atoms with van der Waals surface area (Å²) >= 11 is 0. The highest BCUT2D eigenvalue weighted by Crippen LogP contribution is 2.25. The molecule has 0 aromatic carbocycles. The molecule has 1 N–H and O–H groups in total. The van der Waals surface area contributed by atoms with Crippen molar-refractivity contribution in [2.45, 2.75) is 51.1 Å². The van der Waals surface area contributed by atoms with Gasteiger partial charge in [0.25, 0.3) is 0 Å². The van der Waals surface area contributed by atoms with Crippen molar-refractivity contribution < 1.29 is 4.74 Å². The fourth-order valence-corrected chi connectivity index (χ4v) is 3.04. The number of hydrogen-bond donors (Lipinski definition) is 1. The minimum Gasteiger partial charge on any atom is -0.380 e. The van der Waals surface area contributed by atoms with Crippen LogP contribution in [0.25, 0.3) is 0 Å². The quantitative estimate of drug-likeness (QED) is 0.788. The van der Waals surface area contributed by atoms with E-state index in [1.165, 1.54) is 45.2 Å². The molecule has 2 rings (SSSR count). The van der Waals surface area contributed by atoms with Gasteiger partial charge in [0, 0.05) is 31.8 Å². The van der Waals surface area contributed by atoms with Crippen LogP contribution in [0, 0.1) is 0 Å². The van der Waals surface area contributed by atoms with E-state index in [9.17, 15) is 0 Å². The van der Waals surface area contributed by atoms with Crippen molar-refractivity contribution in [1.29, 1.82) is 0 Å². The molecule has 1 saturated carbocycles. The Morgan fingerprint density at radius 1 is 1.19 bits per heavy atom. The Labute approximate surface area is 99.5 Å². The molecule has 1 saturated heterocycles. The normalized spacial score (nSPS) is 32.8. The van der Waals surface area contributed by atoms with Crippen molar-refractivity contribution in [3.8, 4) is 0 Å². The summed E-state index contributed by atoms with van der Waals surface area (Å²) in [7, 11) is 0. The largest absolute Gasteiger partial charge is 0.380 e. The second-order valence-electron chi connectivity index (χ2n) is 5.06. The minimum atomic E-state index is 0.734. The zero-order chi connectivity index (χ0) is 11.2. The summed E-state index contributed by atoms with van der Waals surface area (Å²) in [6.45, 7) is 7.67. The lowest BCUT2D eigenvalue weighted by Gasteiger charge is -2.32. The van der Waals surface area contributed by atoms with Crippen LogP contribution in [0.2, 0.25) is 0 Å². The zero-order valence-corrected chi connectivity index (χ0v) is 10.6. The second kappa shape index (κ2) is 6.58. The van der Waals surface area contributed by atoms with E-state index in [1.807, 2.05) is 0 Å². The van der Waals surface area contributed by atoms with Crippen LogP contribution in [0.5, 0.6) is 0 Å². The molecule has 2 unspecified atom stereocenters. The highest BCUT2D eigenvalue weighted by atomic mass is 16.5. The van der Waals surface area contributed by atoms with Crippen LogP contribution in [-0.4, -0.2) is 49.8 Å². The molecule has 0 aromatic heterocycles. The minimum absolute atomic E-state index is 0.734. The molecule has 0 amide bonds. The first-order chi connectivity index (χ1) is 7.92. The van der Waals surface area contributed by atoms with Gasteiger partial charge in [0.2, 0.25) is 0 Å². The van der Waals surface area contributed by atoms with Crippen LogP contribution in [0.15, 0.2) is 0 Å². The van der Waals surface area contributed by atoms with Gasteiger partial charge in [-0.15, -0.1) is 0 Å². The van der Waals surface area contributed by atoms with E-state index >= 15 is 0 Å². The maximum Gasteiger partial charge on any atom is 0.0593 e. The van der Waals surface area contributed by atoms with Crippen LogP contribution in [0.3, 0.4) is 0 Å². The molecule has 2 fully saturated rings. The van der Waals surface area contributed by atoms with E-state index in [1.54, 1.807) is 0 Å². The smallest absolute Gasteiger partial charge is 0.0593 e. The molecule has 1 aliphatic carbocycles. The summed E-state index contributed by atoms with van der Waals surface area (Å²) < 4.78 is 5.54. The molecule has 2 aliphatic rings. The van der Waals surface area contributed by atoms with E-state index in [0.717, 1.165) is 31.8 Å². The van der Waals surface area contributed by atoms with Gasteiger partial charge in [-0.3, -0.25) is 4.90 Å². The first-order valence-electron chi connectivity index (χ1n) is 6.97. The highest BCUT2D eigenvalue weighted by Gasteiger charge is 2.31. The topological polar surface area (TPSA) is 24.5 Å². The molecule has 16 heavy (non-hydrogen) atoms. The molecule has 0 spiro atoms. The number of nitrogens with one attached hydrogen (secondary N) is 1. The van der Waals surface area contributed by atoms with E-state index in [-0.39, 0.29) is 0 Å². The molecule has 3 heteroatoms. The zero-order valence-electron chi connectivity index (χ0n) is 10.6. The van der Waals surface area contributed by atoms with Crippen molar-refractivity contribution in [1.82, 2.24) is 10.2 Å². The Hall–Kier alpha value is -0.120. The maximum atomic E-state index is 5.54. The lowest BCUT2D eigenvalue weighted by Crippen LogP contribution is -2.48. The standard InChI is InChI=1S/C13H26N2O/c1-2-7-14-12-5-3-6-13(12)15-8-4-10-16-11-9-15/h12-14H,2-11H2,1H3. The van der Waals surface area contributed by atoms with Crippen LogP contribution in [0.1, 0.15) is 39.0 Å². The summed E-state index contributed by atoms with van der Waals surface area (Å²) in [6, 6.07) is 1.51. The molecule has 0 aromatic rings. The molecular weight excluding hydrogens is 200 g/mol. The van der Waals surface area contributed by atoms with Crippen LogP contribution in [-0.2, 0) is 4.74 Å². The van der Waals surface area contributed by atoms with E-state index in [4.69, 9.17) is 4.74 Å².